The van der Waals surface area contributed by atoms with Crippen molar-refractivity contribution in [1.82, 2.24) is 4.90 Å². The molecule has 1 aliphatic carbocycles. The van der Waals surface area contributed by atoms with Crippen LogP contribution in [-0.2, 0) is 18.5 Å². The van der Waals surface area contributed by atoms with Gasteiger partial charge in [0.05, 0.1) is 18.0 Å². The van der Waals surface area contributed by atoms with Gasteiger partial charge in [0, 0.05) is 29.2 Å². The molecule has 6 nitrogen and oxygen atoms in total. The Morgan fingerprint density at radius 2 is 1.96 bits per heavy atom. The standard InChI is InChI=1S/C15H24ClNO5S/c1-13(2,3)22-12(18)17-6-4-15(5-7-17)14(10-23(16,19)20)8-11(14)9-21-15/h11H,4-10H2,1-3H3. The van der Waals surface area contributed by atoms with Gasteiger partial charge in [-0.1, -0.05) is 0 Å². The molecule has 0 aromatic carbocycles. The highest BCUT2D eigenvalue weighted by Gasteiger charge is 2.73. The first-order valence-corrected chi connectivity index (χ1v) is 10.5. The van der Waals surface area contributed by atoms with E-state index in [2.05, 4.69) is 0 Å². The molecule has 3 aliphatic rings. The minimum atomic E-state index is -3.57. The molecule has 0 N–H and O–H groups in total. The Morgan fingerprint density at radius 1 is 1.35 bits per heavy atom. The van der Waals surface area contributed by atoms with E-state index in [1.807, 2.05) is 20.8 Å². The Balaban J connectivity index is 1.67. The lowest BCUT2D eigenvalue weighted by atomic mass is 9.77. The molecule has 2 saturated heterocycles. The van der Waals surface area contributed by atoms with Crippen molar-refractivity contribution >= 4 is 25.8 Å². The summed E-state index contributed by atoms with van der Waals surface area (Å²) < 4.78 is 34.6. The van der Waals surface area contributed by atoms with Gasteiger partial charge in [-0.3, -0.25) is 0 Å². The maximum Gasteiger partial charge on any atom is 0.410 e. The molecule has 0 bridgehead atoms. The van der Waals surface area contributed by atoms with Crippen LogP contribution in [0.1, 0.15) is 40.0 Å². The molecule has 1 spiro atoms. The van der Waals surface area contributed by atoms with E-state index in [1.54, 1.807) is 4.90 Å². The Morgan fingerprint density at radius 3 is 2.43 bits per heavy atom. The second kappa shape index (κ2) is 5.23. The molecular weight excluding hydrogens is 342 g/mol. The molecule has 2 atom stereocenters. The number of piperidine rings is 1. The summed E-state index contributed by atoms with van der Waals surface area (Å²) in [5.74, 6) is 0.252. The van der Waals surface area contributed by atoms with Crippen LogP contribution in [0.5, 0.6) is 0 Å². The van der Waals surface area contributed by atoms with E-state index in [0.717, 1.165) is 6.42 Å². The zero-order chi connectivity index (χ0) is 17.1. The van der Waals surface area contributed by atoms with Gasteiger partial charge in [-0.25, -0.2) is 13.2 Å². The van der Waals surface area contributed by atoms with E-state index in [4.69, 9.17) is 20.2 Å². The van der Waals surface area contributed by atoms with Gasteiger partial charge >= 0.3 is 6.09 Å². The van der Waals surface area contributed by atoms with Crippen LogP contribution in [0, 0.1) is 11.3 Å². The van der Waals surface area contributed by atoms with Crippen LogP contribution in [0.4, 0.5) is 4.79 Å². The maximum atomic E-state index is 12.2. The summed E-state index contributed by atoms with van der Waals surface area (Å²) in [5.41, 5.74) is -1.34. The second-order valence-electron chi connectivity index (χ2n) is 8.01. The minimum Gasteiger partial charge on any atom is -0.444 e. The number of likely N-dealkylation sites (tertiary alicyclic amines) is 1. The van der Waals surface area contributed by atoms with Crippen molar-refractivity contribution in [1.29, 1.82) is 0 Å². The highest BCUT2D eigenvalue weighted by molar-refractivity contribution is 8.13. The number of amides is 1. The molecule has 132 valence electrons. The first-order valence-electron chi connectivity index (χ1n) is 8.01. The van der Waals surface area contributed by atoms with Crippen LogP contribution in [0.25, 0.3) is 0 Å². The molecule has 2 unspecified atom stereocenters. The van der Waals surface area contributed by atoms with E-state index in [1.165, 1.54) is 0 Å². The van der Waals surface area contributed by atoms with Crippen molar-refractivity contribution in [3.8, 4) is 0 Å². The largest absolute Gasteiger partial charge is 0.444 e. The predicted molar refractivity (Wildman–Crippen MR) is 85.9 cm³/mol. The van der Waals surface area contributed by atoms with Crippen LogP contribution in [0.3, 0.4) is 0 Å². The molecule has 23 heavy (non-hydrogen) atoms. The fraction of sp³-hybridized carbons (Fsp3) is 0.933. The highest BCUT2D eigenvalue weighted by Crippen LogP contribution is 2.69. The fourth-order valence-electron chi connectivity index (χ4n) is 4.20. The van der Waals surface area contributed by atoms with Gasteiger partial charge in [-0.2, -0.15) is 0 Å². The first-order chi connectivity index (χ1) is 10.5. The third kappa shape index (κ3) is 3.20. The van der Waals surface area contributed by atoms with Crippen LogP contribution in [0.2, 0.25) is 0 Å². The summed E-state index contributed by atoms with van der Waals surface area (Å²) in [6, 6.07) is 0. The van der Waals surface area contributed by atoms with Gasteiger partial charge in [-0.15, -0.1) is 0 Å². The lowest BCUT2D eigenvalue weighted by Crippen LogP contribution is -2.53. The zero-order valence-corrected chi connectivity index (χ0v) is 15.4. The van der Waals surface area contributed by atoms with Gasteiger partial charge in [0.1, 0.15) is 5.60 Å². The average Bonchev–Trinajstić information content (AvgIpc) is 3.00. The molecule has 2 heterocycles. The second-order valence-corrected chi connectivity index (χ2v) is 10.8. The SMILES string of the molecule is CC(C)(C)OC(=O)N1CCC2(CC1)OCC1CC12CS(=O)(=O)Cl. The number of carbonyl (C=O) groups excluding carboxylic acids is 1. The molecule has 8 heteroatoms. The van der Waals surface area contributed by atoms with Crippen molar-refractivity contribution in [2.24, 2.45) is 11.3 Å². The number of nitrogens with zero attached hydrogens (tertiary/aromatic N) is 1. The number of fused-ring (bicyclic) bond motifs is 2. The molecule has 1 saturated carbocycles. The van der Waals surface area contributed by atoms with E-state index in [-0.39, 0.29) is 23.2 Å². The molecule has 1 amide bonds. The van der Waals surface area contributed by atoms with Crippen molar-refractivity contribution in [3.63, 3.8) is 0 Å². The summed E-state index contributed by atoms with van der Waals surface area (Å²) in [4.78, 5) is 13.8. The summed E-state index contributed by atoms with van der Waals surface area (Å²) >= 11 is 0. The Labute approximate surface area is 141 Å². The van der Waals surface area contributed by atoms with Gasteiger partial charge in [0.2, 0.25) is 9.05 Å². The number of hydrogen-bond acceptors (Lipinski definition) is 5. The van der Waals surface area contributed by atoms with E-state index >= 15 is 0 Å². The summed E-state index contributed by atoms with van der Waals surface area (Å²) in [5, 5.41) is 0. The molecule has 3 rings (SSSR count). The number of ether oxygens (including phenoxy) is 2. The molecule has 2 aliphatic heterocycles. The van der Waals surface area contributed by atoms with Crippen LogP contribution < -0.4 is 0 Å². The summed E-state index contributed by atoms with van der Waals surface area (Å²) in [7, 11) is 1.95. The van der Waals surface area contributed by atoms with E-state index in [0.29, 0.717) is 32.5 Å². The Hall–Kier alpha value is -0.530. The minimum absolute atomic E-state index is 0.0291. The number of hydrogen-bond donors (Lipinski definition) is 0. The van der Waals surface area contributed by atoms with Crippen LogP contribution in [-0.4, -0.2) is 56.1 Å². The molecule has 0 radical (unpaired) electrons. The van der Waals surface area contributed by atoms with Crippen molar-refractivity contribution < 1.29 is 22.7 Å². The lowest BCUT2D eigenvalue weighted by Gasteiger charge is -2.44. The maximum absolute atomic E-state index is 12.2. The normalized spacial score (nSPS) is 32.7. The lowest BCUT2D eigenvalue weighted by molar-refractivity contribution is -0.0889. The Kier molecular flexibility index (Phi) is 3.93. The van der Waals surface area contributed by atoms with Gasteiger partial charge in [0.15, 0.2) is 0 Å². The third-order valence-electron chi connectivity index (χ3n) is 5.35. The number of rotatable bonds is 2. The molecule has 0 aromatic heterocycles. The van der Waals surface area contributed by atoms with E-state index in [9.17, 15) is 13.2 Å². The third-order valence-corrected chi connectivity index (χ3v) is 6.54. The predicted octanol–water partition coefficient (Wildman–Crippen LogP) is 2.36. The van der Waals surface area contributed by atoms with Crippen LogP contribution >= 0.6 is 10.7 Å². The molecule has 0 aromatic rings. The van der Waals surface area contributed by atoms with E-state index < -0.39 is 20.3 Å². The van der Waals surface area contributed by atoms with Gasteiger partial charge in [0.25, 0.3) is 0 Å². The van der Waals surface area contributed by atoms with Crippen molar-refractivity contribution in [2.75, 3.05) is 25.4 Å². The van der Waals surface area contributed by atoms with Crippen LogP contribution in [0.15, 0.2) is 0 Å². The fourth-order valence-corrected chi connectivity index (χ4v) is 6.01. The summed E-state index contributed by atoms with van der Waals surface area (Å²) in [6.07, 6.45) is 1.80. The number of halogens is 1. The molecular formula is C15H24ClNO5S. The van der Waals surface area contributed by atoms with Crippen molar-refractivity contribution in [3.05, 3.63) is 0 Å². The zero-order valence-electron chi connectivity index (χ0n) is 13.8. The Bertz CT molecular complexity index is 606. The monoisotopic (exact) mass is 365 g/mol. The highest BCUT2D eigenvalue weighted by atomic mass is 35.7. The smallest absolute Gasteiger partial charge is 0.410 e. The van der Waals surface area contributed by atoms with Crippen molar-refractivity contribution in [2.45, 2.75) is 51.2 Å². The molecule has 3 fully saturated rings. The topological polar surface area (TPSA) is 72.9 Å². The average molecular weight is 366 g/mol. The van der Waals surface area contributed by atoms with Gasteiger partial charge in [-0.05, 0) is 46.0 Å². The quantitative estimate of drug-likeness (QED) is 0.702. The first kappa shape index (κ1) is 17.3. The van der Waals surface area contributed by atoms with Gasteiger partial charge < -0.3 is 14.4 Å². The summed E-state index contributed by atoms with van der Waals surface area (Å²) in [6.45, 7) is 7.15. The number of carbonyl (C=O) groups is 1.